The lowest BCUT2D eigenvalue weighted by atomic mass is 9.84. The van der Waals surface area contributed by atoms with Gasteiger partial charge in [0.15, 0.2) is 5.15 Å². The van der Waals surface area contributed by atoms with E-state index in [2.05, 4.69) is 17.2 Å². The Labute approximate surface area is 102 Å². The summed E-state index contributed by atoms with van der Waals surface area (Å²) < 4.78 is 0. The van der Waals surface area contributed by atoms with Crippen molar-refractivity contribution in [3.63, 3.8) is 0 Å². The first-order chi connectivity index (χ1) is 7.77. The lowest BCUT2D eigenvalue weighted by molar-refractivity contribution is 0.328. The molecular formula is C13H19ClN2. The van der Waals surface area contributed by atoms with E-state index in [0.717, 1.165) is 11.6 Å². The van der Waals surface area contributed by atoms with Crippen LogP contribution in [0.2, 0.25) is 5.15 Å². The van der Waals surface area contributed by atoms with Gasteiger partial charge in [-0.3, -0.25) is 0 Å². The number of aromatic nitrogens is 1. The minimum absolute atomic E-state index is 0.488. The Morgan fingerprint density at radius 3 is 2.81 bits per heavy atom. The molecule has 3 heteroatoms. The molecule has 0 bridgehead atoms. The van der Waals surface area contributed by atoms with Crippen LogP contribution in [-0.4, -0.2) is 11.0 Å². The van der Waals surface area contributed by atoms with Gasteiger partial charge < -0.3 is 5.32 Å². The van der Waals surface area contributed by atoms with Crippen molar-refractivity contribution in [1.29, 1.82) is 0 Å². The number of nitrogens with one attached hydrogen (secondary N) is 1. The first-order valence-electron chi connectivity index (χ1n) is 6.14. The molecule has 2 rings (SSSR count). The monoisotopic (exact) mass is 238 g/mol. The van der Waals surface area contributed by atoms with Gasteiger partial charge in [0.2, 0.25) is 0 Å². The quantitative estimate of drug-likeness (QED) is 0.802. The fourth-order valence-corrected chi connectivity index (χ4v) is 2.66. The van der Waals surface area contributed by atoms with Gasteiger partial charge in [0, 0.05) is 12.2 Å². The van der Waals surface area contributed by atoms with E-state index in [0.29, 0.717) is 11.2 Å². The van der Waals surface area contributed by atoms with Crippen molar-refractivity contribution in [2.24, 2.45) is 5.92 Å². The molecule has 1 aliphatic carbocycles. The highest BCUT2D eigenvalue weighted by Gasteiger charge is 2.20. The number of rotatable bonds is 3. The van der Waals surface area contributed by atoms with E-state index in [1.165, 1.54) is 32.1 Å². The van der Waals surface area contributed by atoms with Gasteiger partial charge in [0.25, 0.3) is 0 Å². The third kappa shape index (κ3) is 2.88. The minimum atomic E-state index is 0.488. The van der Waals surface area contributed by atoms with Gasteiger partial charge in [-0.2, -0.15) is 0 Å². The summed E-state index contributed by atoms with van der Waals surface area (Å²) in [5, 5.41) is 4.06. The summed E-state index contributed by atoms with van der Waals surface area (Å²) in [7, 11) is 0. The van der Waals surface area contributed by atoms with E-state index in [4.69, 9.17) is 11.6 Å². The fourth-order valence-electron chi connectivity index (χ4n) is 2.49. The predicted octanol–water partition coefficient (Wildman–Crippen LogP) is 4.12. The molecule has 0 radical (unpaired) electrons. The topological polar surface area (TPSA) is 24.9 Å². The SMILES string of the molecule is CC(Nc1cccnc1Cl)C1CCCCC1. The number of nitrogens with zero attached hydrogens (tertiary/aromatic N) is 1. The molecule has 0 spiro atoms. The highest BCUT2D eigenvalue weighted by Crippen LogP contribution is 2.29. The van der Waals surface area contributed by atoms with Crippen LogP contribution in [-0.2, 0) is 0 Å². The van der Waals surface area contributed by atoms with Crippen LogP contribution in [0.25, 0.3) is 0 Å². The van der Waals surface area contributed by atoms with Crippen molar-refractivity contribution in [1.82, 2.24) is 4.98 Å². The van der Waals surface area contributed by atoms with Crippen molar-refractivity contribution in [2.75, 3.05) is 5.32 Å². The standard InChI is InChI=1S/C13H19ClN2/c1-10(11-6-3-2-4-7-11)16-12-8-5-9-15-13(12)14/h5,8-11,16H,2-4,6-7H2,1H3. The van der Waals surface area contributed by atoms with Gasteiger partial charge in [-0.1, -0.05) is 30.9 Å². The van der Waals surface area contributed by atoms with Crippen molar-refractivity contribution in [3.8, 4) is 0 Å². The fraction of sp³-hybridized carbons (Fsp3) is 0.615. The molecule has 1 unspecified atom stereocenters. The summed E-state index contributed by atoms with van der Waals surface area (Å²) in [6.45, 7) is 2.25. The first kappa shape index (κ1) is 11.7. The Morgan fingerprint density at radius 1 is 1.38 bits per heavy atom. The molecular weight excluding hydrogens is 220 g/mol. The molecule has 2 nitrogen and oxygen atoms in total. The van der Waals surface area contributed by atoms with Gasteiger partial charge in [-0.25, -0.2) is 4.98 Å². The molecule has 1 atom stereocenters. The third-order valence-electron chi connectivity index (χ3n) is 3.50. The van der Waals surface area contributed by atoms with E-state index in [1.807, 2.05) is 12.1 Å². The Balaban J connectivity index is 1.96. The zero-order chi connectivity index (χ0) is 11.4. The number of pyridine rings is 1. The summed E-state index contributed by atoms with van der Waals surface area (Å²) in [4.78, 5) is 4.08. The summed E-state index contributed by atoms with van der Waals surface area (Å²) in [5.41, 5.74) is 0.960. The van der Waals surface area contributed by atoms with E-state index < -0.39 is 0 Å². The molecule has 1 aromatic rings. The molecule has 0 amide bonds. The molecule has 1 aliphatic rings. The Bertz CT molecular complexity index is 334. The van der Waals surface area contributed by atoms with E-state index in [-0.39, 0.29) is 0 Å². The van der Waals surface area contributed by atoms with Crippen LogP contribution in [0, 0.1) is 5.92 Å². The van der Waals surface area contributed by atoms with Gasteiger partial charge in [0.1, 0.15) is 0 Å². The van der Waals surface area contributed by atoms with Crippen molar-refractivity contribution in [2.45, 2.75) is 45.1 Å². The van der Waals surface area contributed by atoms with Crippen molar-refractivity contribution < 1.29 is 0 Å². The van der Waals surface area contributed by atoms with Gasteiger partial charge in [-0.15, -0.1) is 0 Å². The third-order valence-corrected chi connectivity index (χ3v) is 3.80. The van der Waals surface area contributed by atoms with Crippen molar-refractivity contribution >= 4 is 17.3 Å². The zero-order valence-corrected chi connectivity index (χ0v) is 10.5. The van der Waals surface area contributed by atoms with Gasteiger partial charge >= 0.3 is 0 Å². The summed E-state index contributed by atoms with van der Waals surface area (Å²) in [5.74, 6) is 0.782. The molecule has 0 aliphatic heterocycles. The average molecular weight is 239 g/mol. The summed E-state index contributed by atoms with van der Waals surface area (Å²) >= 11 is 6.03. The molecule has 1 heterocycles. The second-order valence-electron chi connectivity index (χ2n) is 4.67. The Kier molecular flexibility index (Phi) is 4.05. The van der Waals surface area contributed by atoms with Crippen LogP contribution < -0.4 is 5.32 Å². The maximum atomic E-state index is 6.03. The zero-order valence-electron chi connectivity index (χ0n) is 9.75. The van der Waals surface area contributed by atoms with Crippen LogP contribution in [0.1, 0.15) is 39.0 Å². The largest absolute Gasteiger partial charge is 0.380 e. The molecule has 0 saturated heterocycles. The lowest BCUT2D eigenvalue weighted by Gasteiger charge is -2.29. The second kappa shape index (κ2) is 5.53. The average Bonchev–Trinajstić information content (AvgIpc) is 2.33. The maximum absolute atomic E-state index is 6.03. The van der Waals surface area contributed by atoms with Crippen molar-refractivity contribution in [3.05, 3.63) is 23.5 Å². The molecule has 0 aromatic carbocycles. The molecule has 1 aromatic heterocycles. The molecule has 1 N–H and O–H groups in total. The lowest BCUT2D eigenvalue weighted by Crippen LogP contribution is -2.27. The van der Waals surface area contributed by atoms with Crippen LogP contribution in [0.5, 0.6) is 0 Å². The number of halogens is 1. The number of hydrogen-bond donors (Lipinski definition) is 1. The maximum Gasteiger partial charge on any atom is 0.152 e. The van der Waals surface area contributed by atoms with Crippen LogP contribution in [0.4, 0.5) is 5.69 Å². The normalized spacial score (nSPS) is 19.4. The number of anilines is 1. The highest BCUT2D eigenvalue weighted by atomic mass is 35.5. The summed E-state index contributed by atoms with van der Waals surface area (Å²) in [6.07, 6.45) is 8.54. The molecule has 1 saturated carbocycles. The Hall–Kier alpha value is -0.760. The van der Waals surface area contributed by atoms with Crippen LogP contribution in [0.3, 0.4) is 0 Å². The Morgan fingerprint density at radius 2 is 2.12 bits per heavy atom. The van der Waals surface area contributed by atoms with Gasteiger partial charge in [0.05, 0.1) is 5.69 Å². The predicted molar refractivity (Wildman–Crippen MR) is 68.9 cm³/mol. The smallest absolute Gasteiger partial charge is 0.152 e. The van der Waals surface area contributed by atoms with Gasteiger partial charge in [-0.05, 0) is 37.8 Å². The highest BCUT2D eigenvalue weighted by molar-refractivity contribution is 6.31. The minimum Gasteiger partial charge on any atom is -0.380 e. The molecule has 1 fully saturated rings. The van der Waals surface area contributed by atoms with E-state index in [9.17, 15) is 0 Å². The van der Waals surface area contributed by atoms with Crippen LogP contribution in [0.15, 0.2) is 18.3 Å². The number of hydrogen-bond acceptors (Lipinski definition) is 2. The second-order valence-corrected chi connectivity index (χ2v) is 5.03. The van der Waals surface area contributed by atoms with Crippen LogP contribution >= 0.6 is 11.6 Å². The summed E-state index contributed by atoms with van der Waals surface area (Å²) in [6, 6.07) is 4.40. The molecule has 16 heavy (non-hydrogen) atoms. The van der Waals surface area contributed by atoms with E-state index >= 15 is 0 Å². The first-order valence-corrected chi connectivity index (χ1v) is 6.52. The van der Waals surface area contributed by atoms with E-state index in [1.54, 1.807) is 6.20 Å². The molecule has 88 valence electrons.